The van der Waals surface area contributed by atoms with E-state index in [4.69, 9.17) is 0 Å². The molecule has 0 unspecified atom stereocenters. The maximum absolute atomic E-state index is 12.2. The smallest absolute Gasteiger partial charge is 0.284 e. The van der Waals surface area contributed by atoms with Gasteiger partial charge in [0.2, 0.25) is 20.2 Å². The number of hydrogen-bond acceptors (Lipinski definition) is 7. The van der Waals surface area contributed by atoms with E-state index >= 15 is 0 Å². The van der Waals surface area contributed by atoms with Gasteiger partial charge in [-0.1, -0.05) is 11.3 Å². The average molecular weight is 319 g/mol. The van der Waals surface area contributed by atoms with Gasteiger partial charge in [0.15, 0.2) is 0 Å². The largest absolute Gasteiger partial charge is 0.360 e. The van der Waals surface area contributed by atoms with Gasteiger partial charge in [0, 0.05) is 32.7 Å². The number of sulfonamides is 1. The van der Waals surface area contributed by atoms with Gasteiger partial charge in [-0.2, -0.15) is 4.31 Å². The summed E-state index contributed by atoms with van der Waals surface area (Å²) in [4.78, 5) is 13.8. The third-order valence-corrected chi connectivity index (χ3v) is 5.10. The highest BCUT2D eigenvalue weighted by atomic mass is 32.2. The normalized spacial score (nSPS) is 17.2. The number of rotatable bonds is 4. The summed E-state index contributed by atoms with van der Waals surface area (Å²) in [6.07, 6.45) is 1.18. The van der Waals surface area contributed by atoms with Crippen molar-refractivity contribution in [2.45, 2.75) is 6.92 Å². The molecule has 1 aromatic rings. The number of piperazine rings is 1. The van der Waals surface area contributed by atoms with Crippen LogP contribution in [0.2, 0.25) is 0 Å². The number of nitrogens with one attached hydrogen (secondary N) is 1. The second kappa shape index (κ2) is 6.02. The number of nitrogens with zero attached hydrogens (tertiary/aromatic N) is 4. The molecule has 2 heterocycles. The zero-order valence-electron chi connectivity index (χ0n) is 11.4. The lowest BCUT2D eigenvalue weighted by Gasteiger charge is -2.32. The highest BCUT2D eigenvalue weighted by molar-refractivity contribution is 7.88. The molecular formula is C10H17N5O3S2. The summed E-state index contributed by atoms with van der Waals surface area (Å²) in [5.74, 6) is -0.195. The van der Waals surface area contributed by atoms with Crippen molar-refractivity contribution in [1.82, 2.24) is 19.4 Å². The minimum Gasteiger partial charge on any atom is -0.360 e. The zero-order valence-corrected chi connectivity index (χ0v) is 13.0. The highest BCUT2D eigenvalue weighted by Gasteiger charge is 2.28. The van der Waals surface area contributed by atoms with Crippen molar-refractivity contribution in [2.24, 2.45) is 0 Å². The van der Waals surface area contributed by atoms with Crippen LogP contribution in [0.15, 0.2) is 0 Å². The zero-order chi connectivity index (χ0) is 14.8. The Kier molecular flexibility index (Phi) is 4.55. The van der Waals surface area contributed by atoms with Crippen molar-refractivity contribution in [3.63, 3.8) is 0 Å². The number of carbonyl (C=O) groups is 1. The van der Waals surface area contributed by atoms with Crippen LogP contribution in [-0.4, -0.2) is 72.7 Å². The topological polar surface area (TPSA) is 95.5 Å². The summed E-state index contributed by atoms with van der Waals surface area (Å²) in [6, 6.07) is 0. The molecule has 8 nitrogen and oxygen atoms in total. The summed E-state index contributed by atoms with van der Waals surface area (Å²) in [5, 5.41) is 11.7. The van der Waals surface area contributed by atoms with E-state index in [0.717, 1.165) is 6.54 Å². The molecule has 0 atom stereocenters. The highest BCUT2D eigenvalue weighted by Crippen LogP contribution is 2.18. The molecule has 1 N–H and O–H groups in total. The lowest BCUT2D eigenvalue weighted by molar-refractivity contribution is 0.0697. The van der Waals surface area contributed by atoms with Gasteiger partial charge in [-0.05, 0) is 6.92 Å². The first-order valence-corrected chi connectivity index (χ1v) is 8.90. The molecule has 10 heteroatoms. The fraction of sp³-hybridized carbons (Fsp3) is 0.700. The first kappa shape index (κ1) is 15.1. The van der Waals surface area contributed by atoms with Gasteiger partial charge < -0.3 is 10.2 Å². The number of aromatic nitrogens is 2. The van der Waals surface area contributed by atoms with Crippen LogP contribution >= 0.6 is 11.3 Å². The first-order chi connectivity index (χ1) is 9.41. The molecule has 0 aliphatic carbocycles. The Morgan fingerprint density at radius 1 is 1.30 bits per heavy atom. The van der Waals surface area contributed by atoms with E-state index in [2.05, 4.69) is 15.5 Å². The van der Waals surface area contributed by atoms with Crippen LogP contribution in [0.25, 0.3) is 0 Å². The number of hydrogen-bond donors (Lipinski definition) is 1. The Morgan fingerprint density at radius 2 is 1.95 bits per heavy atom. The maximum atomic E-state index is 12.2. The molecule has 0 bridgehead atoms. The number of anilines is 1. The molecule has 1 aliphatic heterocycles. The van der Waals surface area contributed by atoms with E-state index in [9.17, 15) is 13.2 Å². The van der Waals surface area contributed by atoms with Crippen LogP contribution in [-0.2, 0) is 10.0 Å². The molecule has 0 aromatic carbocycles. The van der Waals surface area contributed by atoms with E-state index in [1.165, 1.54) is 21.9 Å². The van der Waals surface area contributed by atoms with E-state index in [-0.39, 0.29) is 5.91 Å². The Morgan fingerprint density at radius 3 is 2.50 bits per heavy atom. The van der Waals surface area contributed by atoms with Gasteiger partial charge in [-0.15, -0.1) is 10.2 Å². The van der Waals surface area contributed by atoms with Crippen LogP contribution in [0.4, 0.5) is 5.13 Å². The van der Waals surface area contributed by atoms with Crippen LogP contribution < -0.4 is 5.32 Å². The fourth-order valence-electron chi connectivity index (χ4n) is 1.89. The lowest BCUT2D eigenvalue weighted by atomic mass is 10.3. The van der Waals surface area contributed by atoms with Crippen molar-refractivity contribution < 1.29 is 13.2 Å². The minimum atomic E-state index is -3.18. The third kappa shape index (κ3) is 3.44. The minimum absolute atomic E-state index is 0.195. The molecule has 0 saturated carbocycles. The predicted molar refractivity (Wildman–Crippen MR) is 76.4 cm³/mol. The molecule has 1 saturated heterocycles. The first-order valence-electron chi connectivity index (χ1n) is 6.23. The summed E-state index contributed by atoms with van der Waals surface area (Å²) in [5.41, 5.74) is 0. The monoisotopic (exact) mass is 319 g/mol. The molecule has 20 heavy (non-hydrogen) atoms. The van der Waals surface area contributed by atoms with Crippen LogP contribution in [0, 0.1) is 0 Å². The van der Waals surface area contributed by atoms with Crippen LogP contribution in [0.3, 0.4) is 0 Å². The van der Waals surface area contributed by atoms with Crippen LogP contribution in [0.1, 0.15) is 16.7 Å². The Labute approximate surface area is 121 Å². The van der Waals surface area contributed by atoms with Gasteiger partial charge in [0.1, 0.15) is 0 Å². The molecule has 112 valence electrons. The summed E-state index contributed by atoms with van der Waals surface area (Å²) in [7, 11) is -3.18. The van der Waals surface area contributed by atoms with Gasteiger partial charge in [0.05, 0.1) is 6.26 Å². The molecule has 0 spiro atoms. The van der Waals surface area contributed by atoms with Crippen LogP contribution in [0.5, 0.6) is 0 Å². The summed E-state index contributed by atoms with van der Waals surface area (Å²) < 4.78 is 24.2. The standard InChI is InChI=1S/C10H17N5O3S2/c1-3-11-10-13-12-8(19-10)9(16)14-4-6-15(7-5-14)20(2,17)18/h3-7H2,1-2H3,(H,11,13). The number of carbonyl (C=O) groups excluding carboxylic acids is 1. The molecular weight excluding hydrogens is 302 g/mol. The SMILES string of the molecule is CCNc1nnc(C(=O)N2CCN(S(C)(=O)=O)CC2)s1. The third-order valence-electron chi connectivity index (χ3n) is 2.93. The summed E-state index contributed by atoms with van der Waals surface area (Å²) in [6.45, 7) is 4.06. The number of amides is 1. The second-order valence-corrected chi connectivity index (χ2v) is 7.36. The maximum Gasteiger partial charge on any atom is 0.284 e. The molecule has 1 amide bonds. The van der Waals surface area contributed by atoms with E-state index < -0.39 is 10.0 Å². The molecule has 2 rings (SSSR count). The predicted octanol–water partition coefficient (Wildman–Crippen LogP) is -0.313. The Bertz CT molecular complexity index is 577. The second-order valence-electron chi connectivity index (χ2n) is 4.40. The van der Waals surface area contributed by atoms with Crippen molar-refractivity contribution in [3.8, 4) is 0 Å². The Balaban J connectivity index is 1.97. The molecule has 0 radical (unpaired) electrons. The van der Waals surface area contributed by atoms with Gasteiger partial charge in [-0.25, -0.2) is 8.42 Å². The van der Waals surface area contributed by atoms with Gasteiger partial charge >= 0.3 is 0 Å². The fourth-order valence-corrected chi connectivity index (χ4v) is 3.50. The molecule has 1 fully saturated rings. The average Bonchev–Trinajstić information content (AvgIpc) is 2.86. The molecule has 1 aliphatic rings. The van der Waals surface area contributed by atoms with Crippen molar-refractivity contribution >= 4 is 32.4 Å². The lowest BCUT2D eigenvalue weighted by Crippen LogP contribution is -2.50. The van der Waals surface area contributed by atoms with Crippen molar-refractivity contribution in [1.29, 1.82) is 0 Å². The van der Waals surface area contributed by atoms with E-state index in [1.54, 1.807) is 4.90 Å². The molecule has 1 aromatic heterocycles. The van der Waals surface area contributed by atoms with Crippen molar-refractivity contribution in [2.75, 3.05) is 44.3 Å². The van der Waals surface area contributed by atoms with Gasteiger partial charge in [0.25, 0.3) is 5.91 Å². The van der Waals surface area contributed by atoms with Crippen molar-refractivity contribution in [3.05, 3.63) is 5.01 Å². The Hall–Kier alpha value is -1.26. The van der Waals surface area contributed by atoms with E-state index in [1.807, 2.05) is 6.92 Å². The van der Waals surface area contributed by atoms with Gasteiger partial charge in [-0.3, -0.25) is 4.79 Å². The van der Waals surface area contributed by atoms with E-state index in [0.29, 0.717) is 36.3 Å². The quantitative estimate of drug-likeness (QED) is 0.818. The summed E-state index contributed by atoms with van der Waals surface area (Å²) >= 11 is 1.21.